The minimum absolute atomic E-state index is 0.0665. The molecule has 3 unspecified atom stereocenters. The Hall–Kier alpha value is -1.33. The second-order valence-electron chi connectivity index (χ2n) is 5.86. The van der Waals surface area contributed by atoms with Gasteiger partial charge in [-0.15, -0.1) is 0 Å². The van der Waals surface area contributed by atoms with Crippen LogP contribution in [0.25, 0.3) is 0 Å². The van der Waals surface area contributed by atoms with Crippen LogP contribution in [0.5, 0.6) is 0 Å². The summed E-state index contributed by atoms with van der Waals surface area (Å²) in [6, 6.07) is 1.71. The van der Waals surface area contributed by atoms with Gasteiger partial charge in [0.05, 0.1) is 16.7 Å². The van der Waals surface area contributed by atoms with E-state index >= 15 is 0 Å². The summed E-state index contributed by atoms with van der Waals surface area (Å²) < 4.78 is 0. The molecule has 1 aliphatic carbocycles. The normalized spacial score (nSPS) is 27.8. The van der Waals surface area contributed by atoms with Crippen molar-refractivity contribution < 1.29 is 9.90 Å². The molecule has 1 amide bonds. The van der Waals surface area contributed by atoms with Crippen molar-refractivity contribution in [3.63, 3.8) is 0 Å². The van der Waals surface area contributed by atoms with Gasteiger partial charge in [0.25, 0.3) is 5.91 Å². The molecule has 1 aliphatic heterocycles. The molecule has 2 N–H and O–H groups in total. The van der Waals surface area contributed by atoms with Gasteiger partial charge in [0, 0.05) is 31.7 Å². The van der Waals surface area contributed by atoms with Gasteiger partial charge >= 0.3 is 0 Å². The van der Waals surface area contributed by atoms with Crippen molar-refractivity contribution in [2.75, 3.05) is 25.0 Å². The first-order valence-corrected chi connectivity index (χ1v) is 7.84. The standard InChI is InChI=1S/C15H20ClN3O2/c1-2-17-14-5-10(12(16)6-18-14)15(21)19-7-9-3-4-13(20)11(9)8-19/h5-6,9,11,13,20H,2-4,7-8H2,1H3,(H,17,18). The van der Waals surface area contributed by atoms with Gasteiger partial charge in [0.15, 0.2) is 0 Å². The number of aliphatic hydroxyl groups excluding tert-OH is 1. The van der Waals surface area contributed by atoms with E-state index in [1.54, 1.807) is 6.07 Å². The molecule has 3 atom stereocenters. The molecule has 6 heteroatoms. The first-order valence-electron chi connectivity index (χ1n) is 7.47. The largest absolute Gasteiger partial charge is 0.393 e. The second kappa shape index (κ2) is 5.81. The Morgan fingerprint density at radius 2 is 2.33 bits per heavy atom. The Balaban J connectivity index is 1.78. The molecule has 0 spiro atoms. The van der Waals surface area contributed by atoms with Crippen molar-refractivity contribution in [1.29, 1.82) is 0 Å². The molecule has 2 fully saturated rings. The van der Waals surface area contributed by atoms with Crippen LogP contribution in [-0.4, -0.2) is 46.6 Å². The average molecular weight is 310 g/mol. The molecule has 2 heterocycles. The summed E-state index contributed by atoms with van der Waals surface area (Å²) in [6.45, 7) is 4.05. The number of pyridine rings is 1. The number of rotatable bonds is 3. The van der Waals surface area contributed by atoms with Crippen molar-refractivity contribution in [2.45, 2.75) is 25.9 Å². The summed E-state index contributed by atoms with van der Waals surface area (Å²) in [5.41, 5.74) is 0.483. The Bertz CT molecular complexity index is 552. The molecular formula is C15H20ClN3O2. The number of nitrogens with zero attached hydrogens (tertiary/aromatic N) is 2. The van der Waals surface area contributed by atoms with E-state index < -0.39 is 0 Å². The molecule has 2 aliphatic rings. The monoisotopic (exact) mass is 309 g/mol. The fourth-order valence-corrected chi connectivity index (χ4v) is 3.64. The average Bonchev–Trinajstić information content (AvgIpc) is 3.03. The highest BCUT2D eigenvalue weighted by Crippen LogP contribution is 2.38. The molecule has 3 rings (SSSR count). The fourth-order valence-electron chi connectivity index (χ4n) is 3.45. The summed E-state index contributed by atoms with van der Waals surface area (Å²) >= 11 is 6.13. The molecule has 1 saturated carbocycles. The third-order valence-electron chi connectivity index (χ3n) is 4.55. The molecule has 0 aromatic carbocycles. The summed E-state index contributed by atoms with van der Waals surface area (Å²) in [7, 11) is 0. The zero-order valence-corrected chi connectivity index (χ0v) is 12.8. The number of carbonyl (C=O) groups excluding carboxylic acids is 1. The van der Waals surface area contributed by atoms with Gasteiger partial charge in [-0.1, -0.05) is 11.6 Å². The number of fused-ring (bicyclic) bond motifs is 1. The zero-order chi connectivity index (χ0) is 15.0. The molecule has 1 aromatic heterocycles. The predicted octanol–water partition coefficient (Wildman–Crippen LogP) is 2.01. The number of hydrogen-bond donors (Lipinski definition) is 2. The lowest BCUT2D eigenvalue weighted by Gasteiger charge is -2.19. The summed E-state index contributed by atoms with van der Waals surface area (Å²) in [5.74, 6) is 1.24. The lowest BCUT2D eigenvalue weighted by atomic mass is 10.00. The van der Waals surface area contributed by atoms with Gasteiger partial charge in [-0.3, -0.25) is 4.79 Å². The van der Waals surface area contributed by atoms with Gasteiger partial charge in [-0.05, 0) is 31.7 Å². The van der Waals surface area contributed by atoms with Crippen molar-refractivity contribution in [3.05, 3.63) is 22.8 Å². The van der Waals surface area contributed by atoms with E-state index in [0.29, 0.717) is 28.9 Å². The van der Waals surface area contributed by atoms with Gasteiger partial charge < -0.3 is 15.3 Å². The third-order valence-corrected chi connectivity index (χ3v) is 4.85. The van der Waals surface area contributed by atoms with Crippen molar-refractivity contribution >= 4 is 23.3 Å². The maximum Gasteiger partial charge on any atom is 0.255 e. The Morgan fingerprint density at radius 1 is 1.52 bits per heavy atom. The quantitative estimate of drug-likeness (QED) is 0.896. The van der Waals surface area contributed by atoms with Crippen LogP contribution in [0.3, 0.4) is 0 Å². The Kier molecular flexibility index (Phi) is 4.04. The van der Waals surface area contributed by atoms with Crippen LogP contribution in [0.15, 0.2) is 12.3 Å². The minimum atomic E-state index is -0.266. The molecule has 0 radical (unpaired) electrons. The maximum absolute atomic E-state index is 12.7. The molecule has 21 heavy (non-hydrogen) atoms. The number of halogens is 1. The highest BCUT2D eigenvalue weighted by Gasteiger charge is 2.43. The Labute approximate surface area is 129 Å². The number of aromatic nitrogens is 1. The minimum Gasteiger partial charge on any atom is -0.393 e. The van der Waals surface area contributed by atoms with Crippen molar-refractivity contribution in [3.8, 4) is 0 Å². The van der Waals surface area contributed by atoms with Crippen LogP contribution >= 0.6 is 11.6 Å². The molecule has 5 nitrogen and oxygen atoms in total. The van der Waals surface area contributed by atoms with E-state index in [4.69, 9.17) is 11.6 Å². The van der Waals surface area contributed by atoms with Crippen molar-refractivity contribution in [1.82, 2.24) is 9.88 Å². The zero-order valence-electron chi connectivity index (χ0n) is 12.1. The smallest absolute Gasteiger partial charge is 0.255 e. The van der Waals surface area contributed by atoms with Gasteiger partial charge in [-0.25, -0.2) is 4.98 Å². The third kappa shape index (κ3) is 2.72. The maximum atomic E-state index is 12.7. The van der Waals surface area contributed by atoms with Crippen LogP contribution in [0, 0.1) is 11.8 Å². The number of amides is 1. The fraction of sp³-hybridized carbons (Fsp3) is 0.600. The van der Waals surface area contributed by atoms with Gasteiger partial charge in [0.1, 0.15) is 5.82 Å². The SMILES string of the molecule is CCNc1cc(C(=O)N2CC3CCC(O)C3C2)c(Cl)cn1. The summed E-state index contributed by atoms with van der Waals surface area (Å²) in [6.07, 6.45) is 3.11. The lowest BCUT2D eigenvalue weighted by molar-refractivity contribution is 0.0752. The van der Waals surface area contributed by atoms with Gasteiger partial charge in [-0.2, -0.15) is 0 Å². The summed E-state index contributed by atoms with van der Waals surface area (Å²) in [4.78, 5) is 18.6. The number of nitrogens with one attached hydrogen (secondary N) is 1. The van der Waals surface area contributed by atoms with Crippen molar-refractivity contribution in [2.24, 2.45) is 11.8 Å². The van der Waals surface area contributed by atoms with E-state index in [-0.39, 0.29) is 17.9 Å². The number of aliphatic hydroxyl groups is 1. The molecule has 0 bridgehead atoms. The van der Waals surface area contributed by atoms with E-state index in [2.05, 4.69) is 10.3 Å². The number of anilines is 1. The van der Waals surface area contributed by atoms with Gasteiger partial charge in [0.2, 0.25) is 0 Å². The van der Waals surface area contributed by atoms with E-state index in [1.165, 1.54) is 6.20 Å². The van der Waals surface area contributed by atoms with Crippen LogP contribution in [-0.2, 0) is 0 Å². The van der Waals surface area contributed by atoms with Crippen LogP contribution < -0.4 is 5.32 Å². The topological polar surface area (TPSA) is 65.5 Å². The van der Waals surface area contributed by atoms with E-state index in [9.17, 15) is 9.90 Å². The number of carbonyl (C=O) groups is 1. The molecular weight excluding hydrogens is 290 g/mol. The van der Waals surface area contributed by atoms with Crippen LogP contribution in [0.1, 0.15) is 30.1 Å². The van der Waals surface area contributed by atoms with E-state index in [0.717, 1.165) is 25.9 Å². The number of likely N-dealkylation sites (tertiary alicyclic amines) is 1. The highest BCUT2D eigenvalue weighted by atomic mass is 35.5. The molecule has 1 aromatic rings. The van der Waals surface area contributed by atoms with E-state index in [1.807, 2.05) is 11.8 Å². The van der Waals surface area contributed by atoms with Crippen LogP contribution in [0.4, 0.5) is 5.82 Å². The predicted molar refractivity (Wildman–Crippen MR) is 81.5 cm³/mol. The first-order chi connectivity index (χ1) is 10.1. The Morgan fingerprint density at radius 3 is 3.05 bits per heavy atom. The molecule has 1 saturated heterocycles. The first kappa shape index (κ1) is 14.6. The second-order valence-corrected chi connectivity index (χ2v) is 6.27. The number of hydrogen-bond acceptors (Lipinski definition) is 4. The lowest BCUT2D eigenvalue weighted by Crippen LogP contribution is -2.31. The summed E-state index contributed by atoms with van der Waals surface area (Å²) in [5, 5.41) is 13.4. The highest BCUT2D eigenvalue weighted by molar-refractivity contribution is 6.33. The molecule has 114 valence electrons. The van der Waals surface area contributed by atoms with Crippen LogP contribution in [0.2, 0.25) is 5.02 Å².